The average Bonchev–Trinajstić information content (AvgIpc) is 2.46. The Morgan fingerprint density at radius 3 is 2.60 bits per heavy atom. The Kier molecular flexibility index (Phi) is 2.11. The second-order valence-corrected chi connectivity index (χ2v) is 3.63. The highest BCUT2D eigenvalue weighted by atomic mass is 16.1. The van der Waals surface area contributed by atoms with Gasteiger partial charge in [0.05, 0.1) is 11.4 Å². The van der Waals surface area contributed by atoms with E-state index in [4.69, 9.17) is 5.73 Å². The molecule has 0 fully saturated rings. The molecule has 3 N–H and O–H groups in total. The van der Waals surface area contributed by atoms with E-state index < -0.39 is 0 Å². The molecule has 0 spiro atoms. The van der Waals surface area contributed by atoms with Gasteiger partial charge in [0.25, 0.3) is 5.56 Å². The average molecular weight is 203 g/mol. The van der Waals surface area contributed by atoms with Gasteiger partial charge in [-0.05, 0) is 31.5 Å². The molecule has 2 aromatic rings. The van der Waals surface area contributed by atoms with Gasteiger partial charge in [0.1, 0.15) is 5.69 Å². The number of nitrogen functional groups attached to an aromatic ring is 1. The molecule has 0 radical (unpaired) electrons. The van der Waals surface area contributed by atoms with Crippen molar-refractivity contribution >= 4 is 5.69 Å². The SMILES string of the molecule is Cc1cccc(-n2[nH]c(C)c(N)c2=O)c1. The zero-order valence-corrected chi connectivity index (χ0v) is 8.74. The van der Waals surface area contributed by atoms with Gasteiger partial charge >= 0.3 is 0 Å². The van der Waals surface area contributed by atoms with Crippen LogP contribution in [-0.4, -0.2) is 9.78 Å². The summed E-state index contributed by atoms with van der Waals surface area (Å²) in [6.45, 7) is 3.76. The van der Waals surface area contributed by atoms with Crippen molar-refractivity contribution in [1.82, 2.24) is 9.78 Å². The van der Waals surface area contributed by atoms with E-state index in [0.29, 0.717) is 5.69 Å². The first-order chi connectivity index (χ1) is 7.09. The Balaban J connectivity index is 2.64. The van der Waals surface area contributed by atoms with Crippen LogP contribution in [-0.2, 0) is 0 Å². The maximum Gasteiger partial charge on any atom is 0.294 e. The summed E-state index contributed by atoms with van der Waals surface area (Å²) >= 11 is 0. The maximum absolute atomic E-state index is 11.7. The predicted octanol–water partition coefficient (Wildman–Crippen LogP) is 1.36. The number of rotatable bonds is 1. The maximum atomic E-state index is 11.7. The van der Waals surface area contributed by atoms with E-state index >= 15 is 0 Å². The fourth-order valence-electron chi connectivity index (χ4n) is 1.51. The van der Waals surface area contributed by atoms with E-state index in [1.54, 1.807) is 6.92 Å². The zero-order chi connectivity index (χ0) is 11.0. The van der Waals surface area contributed by atoms with Crippen molar-refractivity contribution in [3.8, 4) is 5.69 Å². The Morgan fingerprint density at radius 1 is 1.33 bits per heavy atom. The molecule has 1 aromatic carbocycles. The lowest BCUT2D eigenvalue weighted by molar-refractivity contribution is 0.834. The molecule has 0 saturated heterocycles. The second kappa shape index (κ2) is 3.31. The second-order valence-electron chi connectivity index (χ2n) is 3.63. The summed E-state index contributed by atoms with van der Waals surface area (Å²) in [6.07, 6.45) is 0. The standard InChI is InChI=1S/C11H13N3O/c1-7-4-3-5-9(6-7)14-11(15)10(12)8(2)13-14/h3-6,13H,12H2,1-2H3. The van der Waals surface area contributed by atoms with Gasteiger partial charge in [0.15, 0.2) is 0 Å². The molecule has 0 aliphatic heterocycles. The number of benzene rings is 1. The van der Waals surface area contributed by atoms with Gasteiger partial charge in [-0.1, -0.05) is 12.1 Å². The molecule has 15 heavy (non-hydrogen) atoms. The summed E-state index contributed by atoms with van der Waals surface area (Å²) in [5.74, 6) is 0. The highest BCUT2D eigenvalue weighted by Crippen LogP contribution is 2.09. The van der Waals surface area contributed by atoms with Crippen LogP contribution in [0, 0.1) is 13.8 Å². The van der Waals surface area contributed by atoms with Gasteiger partial charge in [-0.15, -0.1) is 0 Å². The molecule has 1 heterocycles. The normalized spacial score (nSPS) is 10.5. The Hall–Kier alpha value is -1.97. The van der Waals surface area contributed by atoms with Crippen LogP contribution in [0.4, 0.5) is 5.69 Å². The number of H-pyrrole nitrogens is 1. The van der Waals surface area contributed by atoms with Gasteiger partial charge < -0.3 is 5.73 Å². The van der Waals surface area contributed by atoms with Gasteiger partial charge in [-0.2, -0.15) is 0 Å². The van der Waals surface area contributed by atoms with E-state index in [9.17, 15) is 4.79 Å². The summed E-state index contributed by atoms with van der Waals surface area (Å²) < 4.78 is 1.46. The van der Waals surface area contributed by atoms with Crippen molar-refractivity contribution in [3.05, 3.63) is 45.9 Å². The monoisotopic (exact) mass is 203 g/mol. The van der Waals surface area contributed by atoms with Crippen molar-refractivity contribution < 1.29 is 0 Å². The molecule has 0 atom stereocenters. The molecule has 0 bridgehead atoms. The quantitative estimate of drug-likeness (QED) is 0.735. The first-order valence-electron chi connectivity index (χ1n) is 4.73. The molecule has 0 unspecified atom stereocenters. The van der Waals surface area contributed by atoms with Crippen molar-refractivity contribution in [2.45, 2.75) is 13.8 Å². The highest BCUT2D eigenvalue weighted by Gasteiger charge is 2.08. The van der Waals surface area contributed by atoms with Crippen LogP contribution in [0.2, 0.25) is 0 Å². The molecule has 0 aliphatic carbocycles. The van der Waals surface area contributed by atoms with Crippen LogP contribution in [0.3, 0.4) is 0 Å². The van der Waals surface area contributed by atoms with E-state index in [1.807, 2.05) is 31.2 Å². The number of hydrogen-bond acceptors (Lipinski definition) is 2. The summed E-state index contributed by atoms with van der Waals surface area (Å²) in [4.78, 5) is 11.7. The fraction of sp³-hybridized carbons (Fsp3) is 0.182. The summed E-state index contributed by atoms with van der Waals surface area (Å²) in [6, 6.07) is 7.68. The van der Waals surface area contributed by atoms with E-state index in [2.05, 4.69) is 5.10 Å². The Bertz CT molecular complexity index is 551. The van der Waals surface area contributed by atoms with Crippen LogP contribution in [0.25, 0.3) is 5.69 Å². The van der Waals surface area contributed by atoms with Gasteiger partial charge in [0.2, 0.25) is 0 Å². The third-order valence-corrected chi connectivity index (χ3v) is 2.38. The minimum absolute atomic E-state index is 0.196. The molecule has 1 aromatic heterocycles. The molecule has 2 rings (SSSR count). The number of aryl methyl sites for hydroxylation is 2. The van der Waals surface area contributed by atoms with Crippen LogP contribution >= 0.6 is 0 Å². The summed E-state index contributed by atoms with van der Waals surface area (Å²) in [5, 5.41) is 2.94. The summed E-state index contributed by atoms with van der Waals surface area (Å²) in [5.41, 5.74) is 8.30. The number of nitrogens with two attached hydrogens (primary N) is 1. The first-order valence-corrected chi connectivity index (χ1v) is 4.73. The molecule has 0 saturated carbocycles. The molecule has 0 aliphatic rings. The third-order valence-electron chi connectivity index (χ3n) is 2.38. The largest absolute Gasteiger partial charge is 0.393 e. The van der Waals surface area contributed by atoms with E-state index in [-0.39, 0.29) is 11.2 Å². The molecule has 4 heteroatoms. The smallest absolute Gasteiger partial charge is 0.294 e. The van der Waals surface area contributed by atoms with Crippen molar-refractivity contribution in [1.29, 1.82) is 0 Å². The fourth-order valence-corrected chi connectivity index (χ4v) is 1.51. The molecule has 0 amide bonds. The van der Waals surface area contributed by atoms with Crippen LogP contribution in [0.5, 0.6) is 0 Å². The minimum Gasteiger partial charge on any atom is -0.393 e. The lowest BCUT2D eigenvalue weighted by Crippen LogP contribution is -2.16. The Morgan fingerprint density at radius 2 is 2.07 bits per heavy atom. The highest BCUT2D eigenvalue weighted by molar-refractivity contribution is 5.44. The lowest BCUT2D eigenvalue weighted by Gasteiger charge is -2.01. The topological polar surface area (TPSA) is 63.8 Å². The van der Waals surface area contributed by atoms with Gasteiger partial charge in [-0.3, -0.25) is 9.89 Å². The lowest BCUT2D eigenvalue weighted by atomic mass is 10.2. The van der Waals surface area contributed by atoms with E-state index in [0.717, 1.165) is 11.3 Å². The molecule has 4 nitrogen and oxygen atoms in total. The number of nitrogens with zero attached hydrogens (tertiary/aromatic N) is 1. The van der Waals surface area contributed by atoms with Crippen LogP contribution in [0.1, 0.15) is 11.3 Å². The first kappa shape index (κ1) is 9.58. The number of anilines is 1. The molecular weight excluding hydrogens is 190 g/mol. The number of aromatic amines is 1. The molecule has 78 valence electrons. The zero-order valence-electron chi connectivity index (χ0n) is 8.74. The number of aromatic nitrogens is 2. The third kappa shape index (κ3) is 1.54. The minimum atomic E-state index is -0.196. The summed E-state index contributed by atoms with van der Waals surface area (Å²) in [7, 11) is 0. The number of hydrogen-bond donors (Lipinski definition) is 2. The number of nitrogens with one attached hydrogen (secondary N) is 1. The van der Waals surface area contributed by atoms with Crippen molar-refractivity contribution in [3.63, 3.8) is 0 Å². The predicted molar refractivity (Wildman–Crippen MR) is 60.3 cm³/mol. The van der Waals surface area contributed by atoms with E-state index in [1.165, 1.54) is 4.68 Å². The van der Waals surface area contributed by atoms with Gasteiger partial charge in [0, 0.05) is 0 Å². The van der Waals surface area contributed by atoms with Crippen LogP contribution in [0.15, 0.2) is 29.1 Å². The van der Waals surface area contributed by atoms with Crippen molar-refractivity contribution in [2.24, 2.45) is 0 Å². The van der Waals surface area contributed by atoms with Gasteiger partial charge in [-0.25, -0.2) is 4.68 Å². The Labute approximate surface area is 87.3 Å². The van der Waals surface area contributed by atoms with Crippen LogP contribution < -0.4 is 11.3 Å². The molecular formula is C11H13N3O. The van der Waals surface area contributed by atoms with Crippen molar-refractivity contribution in [2.75, 3.05) is 5.73 Å².